The van der Waals surface area contributed by atoms with Crippen LogP contribution in [0.1, 0.15) is 132 Å². The highest BCUT2D eigenvalue weighted by Crippen LogP contribution is 2.40. The summed E-state index contributed by atoms with van der Waals surface area (Å²) in [4.78, 5) is 52.7. The third-order valence-corrected chi connectivity index (χ3v) is 10.5. The molecule has 0 fully saturated rings. The van der Waals surface area contributed by atoms with E-state index >= 15 is 0 Å². The van der Waals surface area contributed by atoms with Crippen molar-refractivity contribution in [1.82, 2.24) is 21.5 Å². The largest absolute Gasteiger partial charge is 0.493 e. The van der Waals surface area contributed by atoms with Crippen molar-refractivity contribution in [2.24, 2.45) is 11.7 Å². The Labute approximate surface area is 364 Å². The van der Waals surface area contributed by atoms with Crippen molar-refractivity contribution in [2.45, 2.75) is 105 Å². The number of amides is 4. The van der Waals surface area contributed by atoms with Crippen molar-refractivity contribution in [3.05, 3.63) is 116 Å². The molecule has 62 heavy (non-hydrogen) atoms. The number of carbonyl (C=O) groups excluding carboxylic acids is 4. The first-order valence-corrected chi connectivity index (χ1v) is 21.6. The van der Waals surface area contributed by atoms with Gasteiger partial charge in [0.05, 0.1) is 26.4 Å². The second-order valence-electron chi connectivity index (χ2n) is 15.6. The maximum atomic E-state index is 14.0. The molecule has 0 saturated heterocycles. The fourth-order valence-corrected chi connectivity index (χ4v) is 7.45. The lowest BCUT2D eigenvalue weighted by atomic mass is 9.89. The summed E-state index contributed by atoms with van der Waals surface area (Å²) in [6.45, 7) is 13.1. The molecule has 1 aliphatic carbocycles. The number of nitrogens with one attached hydrogen (secondary N) is 4. The Hall–Kier alpha value is -6.12. The predicted molar refractivity (Wildman–Crippen MR) is 239 cm³/mol. The molecule has 4 amide bonds. The van der Waals surface area contributed by atoms with Crippen LogP contribution in [-0.2, 0) is 35.3 Å². The normalized spacial score (nSPS) is 12.9. The van der Waals surface area contributed by atoms with Crippen LogP contribution < -0.4 is 52.1 Å². The molecule has 4 aromatic carbocycles. The van der Waals surface area contributed by atoms with E-state index in [0.29, 0.717) is 86.2 Å². The Morgan fingerprint density at radius 1 is 0.484 bits per heavy atom. The first-order valence-electron chi connectivity index (χ1n) is 21.6. The number of rotatable bonds is 18. The van der Waals surface area contributed by atoms with E-state index in [2.05, 4.69) is 21.5 Å². The van der Waals surface area contributed by atoms with Crippen molar-refractivity contribution in [3.63, 3.8) is 0 Å². The lowest BCUT2D eigenvalue weighted by molar-refractivity contribution is -0.123. The van der Waals surface area contributed by atoms with Crippen LogP contribution >= 0.6 is 0 Å². The van der Waals surface area contributed by atoms with Crippen molar-refractivity contribution >= 4 is 23.6 Å². The molecule has 5 rings (SSSR count). The van der Waals surface area contributed by atoms with Crippen LogP contribution in [0.3, 0.4) is 0 Å². The average Bonchev–Trinajstić information content (AvgIpc) is 3.26. The van der Waals surface area contributed by atoms with Gasteiger partial charge in [-0.1, -0.05) is 64.1 Å². The maximum Gasteiger partial charge on any atom is 0.256 e. The summed E-state index contributed by atoms with van der Waals surface area (Å²) < 4.78 is 26.4. The summed E-state index contributed by atoms with van der Waals surface area (Å²) in [7, 11) is 0. The molecule has 0 saturated carbocycles. The Balaban J connectivity index is 1.83. The lowest BCUT2D eigenvalue weighted by Crippen LogP contribution is -2.47. The Bertz CT molecular complexity index is 1980. The topological polar surface area (TPSA) is 205 Å². The van der Waals surface area contributed by atoms with Crippen molar-refractivity contribution in [2.75, 3.05) is 26.4 Å². The van der Waals surface area contributed by atoms with E-state index in [9.17, 15) is 19.2 Å². The van der Waals surface area contributed by atoms with E-state index in [1.54, 1.807) is 13.8 Å². The average molecular weight is 851 g/mol. The molecule has 1 aliphatic rings. The fourth-order valence-electron chi connectivity index (χ4n) is 7.45. The monoisotopic (exact) mass is 850 g/mol. The minimum absolute atomic E-state index is 0.339. The Morgan fingerprint density at radius 3 is 0.984 bits per heavy atom. The third-order valence-electron chi connectivity index (χ3n) is 10.5. The van der Waals surface area contributed by atoms with E-state index in [1.807, 2.05) is 88.4 Å². The molecule has 14 nitrogen and oxygen atoms in total. The minimum atomic E-state index is -0.888. The number of ether oxygens (including phenoxy) is 4. The van der Waals surface area contributed by atoms with Crippen LogP contribution in [0.4, 0.5) is 0 Å². The first-order chi connectivity index (χ1) is 30.0. The summed E-state index contributed by atoms with van der Waals surface area (Å²) in [5.41, 5.74) is 11.4. The molecule has 2 atom stereocenters. The zero-order valence-corrected chi connectivity index (χ0v) is 36.8. The van der Waals surface area contributed by atoms with Crippen LogP contribution in [0.5, 0.6) is 23.0 Å². The van der Waals surface area contributed by atoms with Crippen molar-refractivity contribution in [1.29, 1.82) is 0 Å². The highest BCUT2D eigenvalue weighted by molar-refractivity contribution is 5.99. The van der Waals surface area contributed by atoms with E-state index in [1.165, 1.54) is 0 Å². The van der Waals surface area contributed by atoms with Crippen molar-refractivity contribution in [3.8, 4) is 23.0 Å². The van der Waals surface area contributed by atoms with Gasteiger partial charge in [0, 0.05) is 36.8 Å². The molecule has 0 aromatic heterocycles. The van der Waals surface area contributed by atoms with Crippen LogP contribution in [0.15, 0.2) is 60.7 Å². The number of fused-ring (bicyclic) bond motifs is 8. The predicted octanol–water partition coefficient (Wildman–Crippen LogP) is 5.73. The Kier molecular flexibility index (Phi) is 17.1. The van der Waals surface area contributed by atoms with Crippen LogP contribution in [-0.4, -0.2) is 62.1 Å². The van der Waals surface area contributed by atoms with Gasteiger partial charge in [-0.15, -0.1) is 0 Å². The van der Waals surface area contributed by atoms with E-state index in [4.69, 9.17) is 30.6 Å². The molecule has 0 heterocycles. The molecule has 0 radical (unpaired) electrons. The van der Waals surface area contributed by atoms with Crippen LogP contribution in [0, 0.1) is 0 Å². The molecule has 0 aliphatic heterocycles. The van der Waals surface area contributed by atoms with Gasteiger partial charge in [-0.25, -0.2) is 11.7 Å². The maximum absolute atomic E-state index is 14.0. The molecule has 4 aromatic rings. The summed E-state index contributed by atoms with van der Waals surface area (Å²) in [6, 6.07) is 17.5. The highest BCUT2D eigenvalue weighted by Gasteiger charge is 2.26. The van der Waals surface area contributed by atoms with Gasteiger partial charge in [-0.2, -0.15) is 0 Å². The molecular formula is C48H62N6O8. The molecule has 8 bridgehead atoms. The first kappa shape index (κ1) is 46.9. The molecule has 332 valence electrons. The molecule has 0 spiro atoms. The van der Waals surface area contributed by atoms with Crippen molar-refractivity contribution < 1.29 is 38.1 Å². The van der Waals surface area contributed by atoms with Crippen LogP contribution in [0.25, 0.3) is 0 Å². The van der Waals surface area contributed by atoms with E-state index in [-0.39, 0.29) is 0 Å². The van der Waals surface area contributed by atoms with Crippen LogP contribution in [0.2, 0.25) is 0 Å². The number of nitrogens with two attached hydrogens (primary N) is 2. The second-order valence-corrected chi connectivity index (χ2v) is 15.6. The smallest absolute Gasteiger partial charge is 0.256 e. The third kappa shape index (κ3) is 11.6. The summed E-state index contributed by atoms with van der Waals surface area (Å²) in [5, 5.41) is 5.58. The van der Waals surface area contributed by atoms with Gasteiger partial charge in [0.2, 0.25) is 0 Å². The number of carbonyl (C=O) groups is 4. The summed E-state index contributed by atoms with van der Waals surface area (Å²) in [6.07, 6.45) is 4.38. The number of para-hydroxylation sites is 2. The number of benzene rings is 4. The Morgan fingerprint density at radius 2 is 0.742 bits per heavy atom. The van der Waals surface area contributed by atoms with Gasteiger partial charge in [-0.3, -0.25) is 30.0 Å². The van der Waals surface area contributed by atoms with Gasteiger partial charge >= 0.3 is 0 Å². The molecular weight excluding hydrogens is 789 g/mol. The van der Waals surface area contributed by atoms with Gasteiger partial charge < -0.3 is 29.6 Å². The lowest BCUT2D eigenvalue weighted by Gasteiger charge is -2.24. The molecule has 14 heteroatoms. The quantitative estimate of drug-likeness (QED) is 0.0359. The van der Waals surface area contributed by atoms with E-state index in [0.717, 1.165) is 70.2 Å². The highest BCUT2D eigenvalue weighted by atomic mass is 16.5. The number of hydrogen-bond acceptors (Lipinski definition) is 10. The number of hydrazine groups is 2. The SMILES string of the molecule is CCCOc1c2cccc1Cc1cc(C(=O)N[C@@H](C)C(=O)NN)cc(c1OCCC)Cc1cccc(c1OCCC)Cc1cc(C(=O)N[C@@H](C)C(=O)NN)cc(c1OCCC)C2. The standard InChI is InChI=1S/C48H62N6O8/c1-7-17-59-41-31-13-11-14-32(41)22-36-26-40(48(58)52-30(6)46(56)54-50)28-38(44(36)62-20-10-4)24-34-16-12-15-33(42(34)60-18-8-2)23-37-27-39(47(57)51-29(5)45(55)53-49)25-35(21-31)43(37)61-19-9-3/h11-16,25-30H,7-10,17-24,49-50H2,1-6H3,(H,51,57)(H,52,58)(H,53,55)(H,54,56)/t29-,30-/m0/s1. The zero-order chi connectivity index (χ0) is 44.8. The summed E-state index contributed by atoms with van der Waals surface area (Å²) >= 11 is 0. The number of hydrogen-bond donors (Lipinski definition) is 6. The van der Waals surface area contributed by atoms with Gasteiger partial charge in [0.25, 0.3) is 23.6 Å². The van der Waals surface area contributed by atoms with E-state index < -0.39 is 35.7 Å². The molecule has 8 N–H and O–H groups in total. The minimum Gasteiger partial charge on any atom is -0.493 e. The van der Waals surface area contributed by atoms with Gasteiger partial charge in [-0.05, 0) is 108 Å². The van der Waals surface area contributed by atoms with Gasteiger partial charge in [0.1, 0.15) is 35.1 Å². The zero-order valence-electron chi connectivity index (χ0n) is 36.8. The molecule has 0 unspecified atom stereocenters. The fraction of sp³-hybridized carbons (Fsp3) is 0.417. The second kappa shape index (κ2) is 22.6. The summed E-state index contributed by atoms with van der Waals surface area (Å²) in [5.74, 6) is 11.6. The van der Waals surface area contributed by atoms with Gasteiger partial charge in [0.15, 0.2) is 0 Å².